The second kappa shape index (κ2) is 13.6. The Morgan fingerprint density at radius 1 is 1.00 bits per heavy atom. The molecule has 7 nitrogen and oxygen atoms in total. The van der Waals surface area contributed by atoms with Crippen LogP contribution in [0.2, 0.25) is 0 Å². The smallest absolute Gasteiger partial charge is 0.368 e. The van der Waals surface area contributed by atoms with Gasteiger partial charge >= 0.3 is 12.2 Å². The zero-order chi connectivity index (χ0) is 18.4. The molecule has 0 aliphatic rings. The third kappa shape index (κ3) is 10.1. The lowest BCUT2D eigenvalue weighted by atomic mass is 10.2. The highest BCUT2D eigenvalue weighted by molar-refractivity contribution is 5.88. The molecule has 0 spiro atoms. The van der Waals surface area contributed by atoms with Gasteiger partial charge in [0.05, 0.1) is 0 Å². The quantitative estimate of drug-likeness (QED) is 0.420. The molecular weight excluding hydrogens is 310 g/mol. The van der Waals surface area contributed by atoms with Gasteiger partial charge in [-0.3, -0.25) is 9.69 Å². The molecule has 3 N–H and O–H groups in total. The molecule has 7 heteroatoms. The minimum atomic E-state index is -0.830. The van der Waals surface area contributed by atoms with Gasteiger partial charge in [0, 0.05) is 13.1 Å². The molecule has 0 rings (SSSR count). The van der Waals surface area contributed by atoms with E-state index in [0.717, 1.165) is 51.4 Å². The van der Waals surface area contributed by atoms with E-state index in [1.807, 2.05) is 0 Å². The third-order valence-electron chi connectivity index (χ3n) is 3.85. The van der Waals surface area contributed by atoms with Gasteiger partial charge in [0.1, 0.15) is 6.04 Å². The predicted octanol–water partition coefficient (Wildman–Crippen LogP) is 3.17. The lowest BCUT2D eigenvalue weighted by Crippen LogP contribution is -2.48. The number of alkyl carbamates (subject to hydrolysis) is 1. The highest BCUT2D eigenvalue weighted by Gasteiger charge is 2.26. The number of unbranched alkanes of at least 4 members (excludes halogenated alkanes) is 6. The van der Waals surface area contributed by atoms with E-state index in [2.05, 4.69) is 19.2 Å². The SMILES string of the molecule is CCCCCCNC(=O)OC(=O)N(CCCCCC)C(C)C(N)=O. The second-order valence-electron chi connectivity index (χ2n) is 5.98. The summed E-state index contributed by atoms with van der Waals surface area (Å²) >= 11 is 0. The molecule has 24 heavy (non-hydrogen) atoms. The van der Waals surface area contributed by atoms with E-state index in [4.69, 9.17) is 10.5 Å². The maximum atomic E-state index is 12.1. The first kappa shape index (κ1) is 22.2. The molecule has 0 aliphatic heterocycles. The highest BCUT2D eigenvalue weighted by Crippen LogP contribution is 2.07. The van der Waals surface area contributed by atoms with Crippen LogP contribution in [0.1, 0.15) is 72.1 Å². The number of hydrogen-bond acceptors (Lipinski definition) is 4. The average Bonchev–Trinajstić information content (AvgIpc) is 2.53. The molecule has 3 amide bonds. The van der Waals surface area contributed by atoms with Crippen LogP contribution >= 0.6 is 0 Å². The van der Waals surface area contributed by atoms with Gasteiger partial charge in [-0.2, -0.15) is 0 Å². The van der Waals surface area contributed by atoms with Gasteiger partial charge in [-0.25, -0.2) is 9.59 Å². The average molecular weight is 343 g/mol. The first-order valence-corrected chi connectivity index (χ1v) is 8.99. The Balaban J connectivity index is 4.36. The van der Waals surface area contributed by atoms with Crippen molar-refractivity contribution in [3.05, 3.63) is 0 Å². The number of nitrogens with zero attached hydrogens (tertiary/aromatic N) is 1. The molecule has 140 valence electrons. The number of carbonyl (C=O) groups is 3. The topological polar surface area (TPSA) is 102 Å². The van der Waals surface area contributed by atoms with Crippen LogP contribution in [-0.2, 0) is 9.53 Å². The number of hydrogen-bond donors (Lipinski definition) is 2. The van der Waals surface area contributed by atoms with Crippen molar-refractivity contribution in [2.75, 3.05) is 13.1 Å². The number of rotatable bonds is 12. The Labute approximate surface area is 145 Å². The standard InChI is InChI=1S/C17H33N3O4/c1-4-6-8-10-12-19-16(22)24-17(23)20(14(3)15(18)21)13-11-9-7-5-2/h14H,4-13H2,1-3H3,(H2,18,21)(H,19,22). The van der Waals surface area contributed by atoms with Crippen molar-refractivity contribution in [2.24, 2.45) is 5.73 Å². The lowest BCUT2D eigenvalue weighted by molar-refractivity contribution is -0.122. The maximum Gasteiger partial charge on any atom is 0.419 e. The summed E-state index contributed by atoms with van der Waals surface area (Å²) in [5.74, 6) is -0.623. The van der Waals surface area contributed by atoms with Crippen molar-refractivity contribution in [1.82, 2.24) is 10.2 Å². The number of primary amides is 1. The van der Waals surface area contributed by atoms with Gasteiger partial charge in [0.15, 0.2) is 0 Å². The molecule has 0 aliphatic carbocycles. The zero-order valence-electron chi connectivity index (χ0n) is 15.3. The molecule has 0 radical (unpaired) electrons. The summed E-state index contributed by atoms with van der Waals surface area (Å²) in [6.07, 6.45) is 6.26. The number of nitrogens with two attached hydrogens (primary N) is 1. The zero-order valence-corrected chi connectivity index (χ0v) is 15.3. The summed E-state index contributed by atoms with van der Waals surface area (Å²) in [7, 11) is 0. The van der Waals surface area contributed by atoms with Gasteiger partial charge in [-0.15, -0.1) is 0 Å². The molecule has 0 aromatic rings. The second-order valence-corrected chi connectivity index (χ2v) is 5.98. The first-order chi connectivity index (χ1) is 11.4. The van der Waals surface area contributed by atoms with Gasteiger partial charge in [-0.05, 0) is 19.8 Å². The summed E-state index contributed by atoms with van der Waals surface area (Å²) in [5.41, 5.74) is 5.27. The molecule has 0 aromatic carbocycles. The van der Waals surface area contributed by atoms with E-state index in [1.165, 1.54) is 11.8 Å². The summed E-state index contributed by atoms with van der Waals surface area (Å²) in [4.78, 5) is 36.4. The van der Waals surface area contributed by atoms with Gasteiger partial charge in [-0.1, -0.05) is 52.4 Å². The molecule has 1 unspecified atom stereocenters. The Morgan fingerprint density at radius 2 is 1.58 bits per heavy atom. The largest absolute Gasteiger partial charge is 0.419 e. The number of nitrogens with one attached hydrogen (secondary N) is 1. The first-order valence-electron chi connectivity index (χ1n) is 8.99. The minimum absolute atomic E-state index is 0.340. The van der Waals surface area contributed by atoms with Crippen LogP contribution < -0.4 is 11.1 Å². The molecular formula is C17H33N3O4. The Hall–Kier alpha value is -1.79. The van der Waals surface area contributed by atoms with Crippen LogP contribution in [0.15, 0.2) is 0 Å². The molecule has 0 bridgehead atoms. The summed E-state index contributed by atoms with van der Waals surface area (Å²) in [6.45, 7) is 6.53. The van der Waals surface area contributed by atoms with Gasteiger partial charge in [0.25, 0.3) is 0 Å². The lowest BCUT2D eigenvalue weighted by Gasteiger charge is -2.25. The summed E-state index contributed by atoms with van der Waals surface area (Å²) < 4.78 is 4.78. The summed E-state index contributed by atoms with van der Waals surface area (Å²) in [6, 6.07) is -0.809. The van der Waals surface area contributed by atoms with Crippen LogP contribution in [0, 0.1) is 0 Å². The van der Waals surface area contributed by atoms with Crippen molar-refractivity contribution in [3.63, 3.8) is 0 Å². The Bertz CT molecular complexity index is 388. The van der Waals surface area contributed by atoms with Crippen LogP contribution in [0.25, 0.3) is 0 Å². The maximum absolute atomic E-state index is 12.1. The highest BCUT2D eigenvalue weighted by atomic mass is 16.6. The molecule has 0 saturated carbocycles. The van der Waals surface area contributed by atoms with E-state index in [0.29, 0.717) is 13.1 Å². The van der Waals surface area contributed by atoms with Crippen molar-refractivity contribution in [2.45, 2.75) is 78.2 Å². The van der Waals surface area contributed by atoms with Crippen LogP contribution in [-0.4, -0.2) is 42.1 Å². The van der Waals surface area contributed by atoms with Gasteiger partial charge < -0.3 is 15.8 Å². The number of amides is 3. The normalized spacial score (nSPS) is 11.6. The van der Waals surface area contributed by atoms with E-state index >= 15 is 0 Å². The minimum Gasteiger partial charge on any atom is -0.368 e. The predicted molar refractivity (Wildman–Crippen MR) is 93.5 cm³/mol. The van der Waals surface area contributed by atoms with Crippen molar-refractivity contribution >= 4 is 18.1 Å². The van der Waals surface area contributed by atoms with Crippen LogP contribution in [0.4, 0.5) is 9.59 Å². The number of carbonyl (C=O) groups excluding carboxylic acids is 3. The van der Waals surface area contributed by atoms with E-state index in [9.17, 15) is 14.4 Å². The fourth-order valence-corrected chi connectivity index (χ4v) is 2.22. The number of ether oxygens (including phenoxy) is 1. The Kier molecular flexibility index (Phi) is 12.6. The van der Waals surface area contributed by atoms with Gasteiger partial charge in [0.2, 0.25) is 5.91 Å². The summed E-state index contributed by atoms with van der Waals surface area (Å²) in [5, 5.41) is 2.55. The molecule has 1 atom stereocenters. The van der Waals surface area contributed by atoms with E-state index in [-0.39, 0.29) is 0 Å². The van der Waals surface area contributed by atoms with Crippen LogP contribution in [0.3, 0.4) is 0 Å². The molecule has 0 saturated heterocycles. The van der Waals surface area contributed by atoms with Crippen molar-refractivity contribution in [3.8, 4) is 0 Å². The van der Waals surface area contributed by atoms with E-state index < -0.39 is 24.1 Å². The molecule has 0 heterocycles. The fourth-order valence-electron chi connectivity index (χ4n) is 2.22. The molecule has 0 fully saturated rings. The van der Waals surface area contributed by atoms with Crippen LogP contribution in [0.5, 0.6) is 0 Å². The third-order valence-corrected chi connectivity index (χ3v) is 3.85. The monoisotopic (exact) mass is 343 g/mol. The van der Waals surface area contributed by atoms with Crippen molar-refractivity contribution < 1.29 is 19.1 Å². The Morgan fingerprint density at radius 3 is 2.12 bits per heavy atom. The fraction of sp³-hybridized carbons (Fsp3) is 0.824. The van der Waals surface area contributed by atoms with Crippen molar-refractivity contribution in [1.29, 1.82) is 0 Å². The van der Waals surface area contributed by atoms with E-state index in [1.54, 1.807) is 0 Å². The molecule has 0 aromatic heterocycles.